The summed E-state index contributed by atoms with van der Waals surface area (Å²) < 4.78 is 34.7. The molecule has 8 aliphatic rings. The first kappa shape index (κ1) is 105. The Morgan fingerprint density at radius 3 is 0.862 bits per heavy atom. The number of Topliss-reactive ketones (excluding diaryl/α,β-unsaturated/α-hetero) is 1. The van der Waals surface area contributed by atoms with Gasteiger partial charge in [-0.2, -0.15) is 0 Å². The van der Waals surface area contributed by atoms with E-state index in [9.17, 15) is 55.2 Å². The lowest BCUT2D eigenvalue weighted by Gasteiger charge is -2.35. The number of amides is 2. The Kier molecular flexibility index (Phi) is 38.0. The van der Waals surface area contributed by atoms with Crippen molar-refractivity contribution >= 4 is 51.7 Å². The van der Waals surface area contributed by atoms with E-state index in [0.29, 0.717) is 71.9 Å². The van der Waals surface area contributed by atoms with Crippen molar-refractivity contribution in [2.45, 2.75) is 69.0 Å². The first-order valence-electron chi connectivity index (χ1n) is 50.5. The maximum absolute atomic E-state index is 12.1. The van der Waals surface area contributed by atoms with E-state index < -0.39 is 12.2 Å². The van der Waals surface area contributed by atoms with E-state index in [0.717, 1.165) is 234 Å². The molecule has 764 valence electrons. The van der Waals surface area contributed by atoms with Crippen LogP contribution in [0.5, 0.6) is 69.0 Å². The van der Waals surface area contributed by atoms with Crippen molar-refractivity contribution in [2.75, 3.05) is 226 Å². The molecule has 6 heterocycles. The first-order chi connectivity index (χ1) is 70.7. The molecular formula is C116H138N12O17. The standard InChI is InChI=1S/C22H26N2O3.C20H24N2O4.C20H24N2O2.C18H22N2O3.C18H20N2O3.C18H22N2O2/c1-17(25)23-12-14-24(15-13-23)18-6-8-19(9-7-18)27-16-22(10-11-22)20-4-2-3-5-21(20)26;1-15(23)21-10-12-22(13-11-21)16-6-8-17(9-7-16)26-14-20(25)18-4-2-3-5-19(18)24;23-19-4-2-1-3-18(19)20(9-10-20)15-24-17-7-5-16(6-8-17)22-13-11-21-12-14-22;2*21-17-4-2-1-3-16(17)18(22)13-23-15-7-5-14(6-8-15)20-11-9-19-10-12-20;21-18-4-2-1-3-15(18)9-14-22-17-7-5-16(6-8-17)20-12-10-19-11-13-20/h2-9,26H,10-16H2,1H3;2-9,20,24-25H,10-14H2,1H3;1-8,21,23H,9-15H2;1-8,18-19,21-22H,9-13H2;1-8,19,21H,9-13H2;1-8,19,21H,9-14H2. The van der Waals surface area contributed by atoms with Crippen LogP contribution in [0.2, 0.25) is 0 Å². The molecule has 6 saturated heterocycles. The van der Waals surface area contributed by atoms with E-state index in [4.69, 9.17) is 28.4 Å². The van der Waals surface area contributed by atoms with Crippen LogP contribution in [0.3, 0.4) is 0 Å². The number of benzene rings is 12. The molecule has 2 aliphatic carbocycles. The molecule has 29 nitrogen and oxygen atoms in total. The number of anilines is 6. The fourth-order valence-electron chi connectivity index (χ4n) is 18.3. The molecule has 2 unspecified atom stereocenters. The van der Waals surface area contributed by atoms with Crippen LogP contribution in [0, 0.1) is 0 Å². The highest BCUT2D eigenvalue weighted by Gasteiger charge is 2.48. The molecular weight excluding hydrogens is 1830 g/mol. The zero-order chi connectivity index (χ0) is 101. The van der Waals surface area contributed by atoms with Gasteiger partial charge in [-0.25, -0.2) is 0 Å². The number of hydrogen-bond acceptors (Lipinski definition) is 27. The Balaban J connectivity index is 0.000000131. The minimum absolute atomic E-state index is 0.0114. The van der Waals surface area contributed by atoms with Gasteiger partial charge < -0.3 is 130 Å². The summed E-state index contributed by atoms with van der Waals surface area (Å²) in [6.07, 6.45) is 3.19. The minimum atomic E-state index is -0.893. The second-order valence-corrected chi connectivity index (χ2v) is 37.3. The molecule has 6 aliphatic heterocycles. The van der Waals surface area contributed by atoms with Gasteiger partial charge in [0.2, 0.25) is 17.6 Å². The van der Waals surface area contributed by atoms with Gasteiger partial charge >= 0.3 is 0 Å². The largest absolute Gasteiger partial charge is 0.508 e. The predicted molar refractivity (Wildman–Crippen MR) is 569 cm³/mol. The summed E-state index contributed by atoms with van der Waals surface area (Å²) >= 11 is 0. The molecule has 29 heteroatoms. The van der Waals surface area contributed by atoms with E-state index in [1.807, 2.05) is 161 Å². The molecule has 12 N–H and O–H groups in total. The first-order valence-corrected chi connectivity index (χ1v) is 50.5. The van der Waals surface area contributed by atoms with E-state index in [1.165, 1.54) is 23.1 Å². The summed E-state index contributed by atoms with van der Waals surface area (Å²) in [7, 11) is 0. The van der Waals surface area contributed by atoms with Crippen molar-refractivity contribution in [1.82, 2.24) is 31.1 Å². The number of phenolic OH excluding ortho intramolecular Hbond substituents is 6. The predicted octanol–water partition coefficient (Wildman–Crippen LogP) is 14.7. The van der Waals surface area contributed by atoms with Crippen molar-refractivity contribution < 1.29 is 83.7 Å². The molecule has 2 amide bonds. The monoisotopic (exact) mass is 1970 g/mol. The van der Waals surface area contributed by atoms with Crippen molar-refractivity contribution in [3.8, 4) is 69.0 Å². The van der Waals surface area contributed by atoms with Crippen LogP contribution >= 0.6 is 0 Å². The van der Waals surface area contributed by atoms with E-state index in [-0.39, 0.29) is 71.1 Å². The third kappa shape index (κ3) is 30.5. The maximum atomic E-state index is 12.1. The summed E-state index contributed by atoms with van der Waals surface area (Å²) in [5.74, 6) is 5.86. The molecule has 8 fully saturated rings. The molecule has 0 radical (unpaired) electrons. The number of phenols is 6. The average molecular weight is 1970 g/mol. The summed E-state index contributed by atoms with van der Waals surface area (Å²) in [6, 6.07) is 90.6. The number of ketones is 1. The molecule has 12 aromatic rings. The smallest absolute Gasteiger partial charge is 0.219 e. The zero-order valence-electron chi connectivity index (χ0n) is 82.9. The van der Waals surface area contributed by atoms with E-state index >= 15 is 0 Å². The Bertz CT molecular complexity index is 6010. The number of aliphatic hydroxyl groups excluding tert-OH is 2. The van der Waals surface area contributed by atoms with Crippen LogP contribution in [0.1, 0.15) is 89.9 Å². The Hall–Kier alpha value is -14.6. The molecule has 20 rings (SSSR count). The number of rotatable bonds is 30. The molecule has 145 heavy (non-hydrogen) atoms. The quantitative estimate of drug-likeness (QED) is 0.0186. The number of nitrogens with one attached hydrogen (secondary N) is 4. The summed E-state index contributed by atoms with van der Waals surface area (Å²) in [4.78, 5) is 52.6. The average Bonchev–Trinajstić information content (AvgIpc) is 1.61. The number of piperazine rings is 6. The van der Waals surface area contributed by atoms with Crippen LogP contribution in [-0.4, -0.2) is 265 Å². The summed E-state index contributed by atoms with van der Waals surface area (Å²) in [6.45, 7) is 27.8. The fraction of sp³-hybridized carbons (Fsp3) is 0.353. The zero-order valence-corrected chi connectivity index (χ0v) is 82.9. The molecule has 2 saturated carbocycles. The lowest BCUT2D eigenvalue weighted by atomic mass is 9.96. The number of aromatic hydroxyl groups is 6. The van der Waals surface area contributed by atoms with Gasteiger partial charge in [0.25, 0.3) is 0 Å². The van der Waals surface area contributed by atoms with Gasteiger partial charge in [-0.05, 0) is 219 Å². The third-order valence-electron chi connectivity index (χ3n) is 27.4. The molecule has 0 spiro atoms. The number of carbonyl (C=O) groups excluding carboxylic acids is 3. The van der Waals surface area contributed by atoms with Gasteiger partial charge in [0.05, 0.1) is 25.4 Å². The second kappa shape index (κ2) is 52.6. The molecule has 0 bridgehead atoms. The van der Waals surface area contributed by atoms with Crippen molar-refractivity contribution in [1.29, 1.82) is 0 Å². The number of ether oxygens (including phenoxy) is 6. The van der Waals surface area contributed by atoms with Crippen LogP contribution in [0.15, 0.2) is 291 Å². The van der Waals surface area contributed by atoms with E-state index in [1.54, 1.807) is 98.8 Å². The molecule has 0 aromatic heterocycles. The number of nitrogens with zero attached hydrogens (tertiary/aromatic N) is 8. The molecule has 12 aromatic carbocycles. The Morgan fingerprint density at radius 2 is 0.559 bits per heavy atom. The van der Waals surface area contributed by atoms with Gasteiger partial charge in [0, 0.05) is 245 Å². The SMILES string of the molecule is CC(=O)N1CCN(c2ccc(OCC(O)c3ccccc3O)cc2)CC1.CC(=O)N1CCN(c2ccc(OCC3(c4ccccc4O)CC3)cc2)CC1.O=C(COc1ccc(N2CCNCC2)cc1)c1ccccc1O.Oc1ccccc1C(O)COc1ccc(N2CCNCC2)cc1.Oc1ccccc1C1(COc2ccc(N3CCNCC3)cc2)CC1.Oc1ccccc1CCOc1ccc(N2CCNCC2)cc1. The normalized spacial score (nSPS) is 16.5. The van der Waals surface area contributed by atoms with Crippen LogP contribution < -0.4 is 79.1 Å². The minimum Gasteiger partial charge on any atom is -0.508 e. The lowest BCUT2D eigenvalue weighted by Crippen LogP contribution is -2.48. The Morgan fingerprint density at radius 1 is 0.290 bits per heavy atom. The van der Waals surface area contributed by atoms with Crippen molar-refractivity contribution in [3.05, 3.63) is 325 Å². The highest BCUT2D eigenvalue weighted by atomic mass is 16.5. The number of aliphatic hydroxyl groups is 2. The van der Waals surface area contributed by atoms with Crippen molar-refractivity contribution in [3.63, 3.8) is 0 Å². The van der Waals surface area contributed by atoms with Gasteiger partial charge in [-0.3, -0.25) is 14.4 Å². The fourth-order valence-corrected chi connectivity index (χ4v) is 18.3. The van der Waals surface area contributed by atoms with Gasteiger partial charge in [0.1, 0.15) is 94.4 Å². The molecule has 2 atom stereocenters. The van der Waals surface area contributed by atoms with Gasteiger partial charge in [0.15, 0.2) is 6.61 Å². The highest BCUT2D eigenvalue weighted by molar-refractivity contribution is 5.99. The lowest BCUT2D eigenvalue weighted by molar-refractivity contribution is -0.129. The van der Waals surface area contributed by atoms with Crippen LogP contribution in [0.4, 0.5) is 34.1 Å². The van der Waals surface area contributed by atoms with Crippen LogP contribution in [0.25, 0.3) is 0 Å². The number of carbonyl (C=O) groups is 3. The van der Waals surface area contributed by atoms with Gasteiger partial charge in [-0.1, -0.05) is 103 Å². The van der Waals surface area contributed by atoms with Crippen molar-refractivity contribution in [2.24, 2.45) is 0 Å². The van der Waals surface area contributed by atoms with Crippen LogP contribution in [-0.2, 0) is 26.8 Å². The van der Waals surface area contributed by atoms with Gasteiger partial charge in [-0.15, -0.1) is 0 Å². The number of hydrogen-bond donors (Lipinski definition) is 12. The highest BCUT2D eigenvalue weighted by Crippen LogP contribution is 2.53. The summed E-state index contributed by atoms with van der Waals surface area (Å²) in [5.41, 5.74) is 11.2. The number of para-hydroxylation sites is 6. The summed E-state index contributed by atoms with van der Waals surface area (Å²) in [5, 5.41) is 92.8. The maximum Gasteiger partial charge on any atom is 0.219 e. The topological polar surface area (TPSA) is 342 Å². The van der Waals surface area contributed by atoms with E-state index in [2.05, 4.69) is 99.2 Å². The Labute approximate surface area is 850 Å². The second-order valence-electron chi connectivity index (χ2n) is 37.3. The third-order valence-corrected chi connectivity index (χ3v) is 27.4.